The molecular weight excluding hydrogens is 558 g/mol. The van der Waals surface area contributed by atoms with Crippen LogP contribution in [0.5, 0.6) is 0 Å². The van der Waals surface area contributed by atoms with Crippen LogP contribution < -0.4 is 5.32 Å². The number of benzene rings is 1. The maximum atomic E-state index is 4.45. The van der Waals surface area contributed by atoms with E-state index in [1.165, 1.54) is 94.6 Å². The minimum atomic E-state index is 0.0995. The summed E-state index contributed by atoms with van der Waals surface area (Å²) in [5.74, 6) is 0. The van der Waals surface area contributed by atoms with Gasteiger partial charge in [0.1, 0.15) is 0 Å². The first-order valence-electron chi connectivity index (χ1n) is 18.6. The zero-order chi connectivity index (χ0) is 34.4. The minimum Gasteiger partial charge on any atom is -0.389 e. The number of rotatable bonds is 29. The van der Waals surface area contributed by atoms with Gasteiger partial charge in [0.05, 0.1) is 0 Å². The van der Waals surface area contributed by atoms with Crippen LogP contribution in [0.4, 0.5) is 0 Å². The van der Waals surface area contributed by atoms with E-state index in [1.54, 1.807) is 5.56 Å². The first-order chi connectivity index (χ1) is 22.0. The number of hydrogen-bond donors (Lipinski definition) is 1. The fraction of sp³-hybridized carbons (Fsp3) is 0.628. The molecule has 1 rings (SSSR count). The highest BCUT2D eigenvalue weighted by Gasteiger charge is 2.30. The summed E-state index contributed by atoms with van der Waals surface area (Å²) in [5.41, 5.74) is 9.27. The van der Waals surface area contributed by atoms with Crippen molar-refractivity contribution in [2.24, 2.45) is 0 Å². The topological polar surface area (TPSA) is 18.5 Å². The van der Waals surface area contributed by atoms with E-state index in [0.717, 1.165) is 67.9 Å². The van der Waals surface area contributed by atoms with Crippen LogP contribution >= 0.6 is 0 Å². The Morgan fingerprint density at radius 3 is 1.72 bits per heavy atom. The molecule has 0 bridgehead atoms. The van der Waals surface area contributed by atoms with Gasteiger partial charge >= 0.3 is 0 Å². The third-order valence-corrected chi connectivity index (χ3v) is 9.90. The summed E-state index contributed by atoms with van der Waals surface area (Å²) in [4.78, 5) is 4.73. The van der Waals surface area contributed by atoms with Gasteiger partial charge in [-0.25, -0.2) is 0 Å². The summed E-state index contributed by atoms with van der Waals surface area (Å²) >= 11 is 0. The standard InChI is InChI=1S/C43H73N3/c1-12-16-17-20-25-40-33-41(26-21-18-23-29-44-37(7)31-36(5)6)35-42(34-40)27-22-19-24-30-45(10)38(8)32-39(9)46(11)43(14-3,15-4)28-13-2/h13,33-35,44H,2,5,7-9,12,14-32H2,1,3-4,6,10-11H3. The van der Waals surface area contributed by atoms with Crippen LogP contribution in [0.15, 0.2) is 79.8 Å². The Balaban J connectivity index is 2.58. The van der Waals surface area contributed by atoms with E-state index in [0.29, 0.717) is 0 Å². The van der Waals surface area contributed by atoms with Gasteiger partial charge < -0.3 is 15.1 Å². The van der Waals surface area contributed by atoms with Crippen LogP contribution in [0.25, 0.3) is 0 Å². The van der Waals surface area contributed by atoms with E-state index in [1.807, 2.05) is 6.08 Å². The molecule has 0 saturated heterocycles. The van der Waals surface area contributed by atoms with Gasteiger partial charge in [0.2, 0.25) is 0 Å². The third kappa shape index (κ3) is 16.2. The van der Waals surface area contributed by atoms with Gasteiger partial charge in [0, 0.05) is 62.7 Å². The fourth-order valence-electron chi connectivity index (χ4n) is 6.61. The molecule has 0 heterocycles. The molecule has 0 spiro atoms. The van der Waals surface area contributed by atoms with E-state index in [9.17, 15) is 0 Å². The van der Waals surface area contributed by atoms with E-state index in [4.69, 9.17) is 0 Å². The number of aryl methyl sites for hydroxylation is 3. The van der Waals surface area contributed by atoms with Crippen molar-refractivity contribution in [2.45, 2.75) is 149 Å². The second-order valence-electron chi connectivity index (χ2n) is 14.0. The van der Waals surface area contributed by atoms with Gasteiger partial charge in [-0.1, -0.05) is 109 Å². The van der Waals surface area contributed by atoms with E-state index < -0.39 is 0 Å². The monoisotopic (exact) mass is 632 g/mol. The minimum absolute atomic E-state index is 0.0995. The maximum Gasteiger partial charge on any atom is 0.0425 e. The molecule has 260 valence electrons. The lowest BCUT2D eigenvalue weighted by atomic mass is 9.86. The Kier molecular flexibility index (Phi) is 21.2. The SMILES string of the molecule is C=CCC(CC)(CC)N(C)C(=C)CC(=C)N(C)CCCCCc1cc(CCCCCC)cc(CCCCCNC(=C)CC(=C)C)c1. The normalized spacial score (nSPS) is 11.3. The summed E-state index contributed by atoms with van der Waals surface area (Å²) in [6.45, 7) is 31.9. The highest BCUT2D eigenvalue weighted by molar-refractivity contribution is 5.31. The van der Waals surface area contributed by atoms with E-state index >= 15 is 0 Å². The van der Waals surface area contributed by atoms with Gasteiger partial charge in [0.25, 0.3) is 0 Å². The summed E-state index contributed by atoms with van der Waals surface area (Å²) in [5, 5.41) is 3.47. The van der Waals surface area contributed by atoms with E-state index in [2.05, 4.69) is 108 Å². The number of hydrogen-bond acceptors (Lipinski definition) is 3. The molecule has 3 nitrogen and oxygen atoms in total. The Morgan fingerprint density at radius 1 is 0.717 bits per heavy atom. The molecule has 0 aliphatic carbocycles. The number of nitrogens with one attached hydrogen (secondary N) is 1. The van der Waals surface area contributed by atoms with Crippen molar-refractivity contribution in [3.05, 3.63) is 96.5 Å². The van der Waals surface area contributed by atoms with Gasteiger partial charge in [-0.15, -0.1) is 6.58 Å². The van der Waals surface area contributed by atoms with Crippen molar-refractivity contribution in [1.29, 1.82) is 0 Å². The maximum absolute atomic E-state index is 4.45. The second kappa shape index (κ2) is 23.6. The van der Waals surface area contributed by atoms with Gasteiger partial charge in [-0.05, 0) is 94.2 Å². The zero-order valence-electron chi connectivity index (χ0n) is 31.4. The average Bonchev–Trinajstić information content (AvgIpc) is 3.02. The molecule has 46 heavy (non-hydrogen) atoms. The molecule has 1 N–H and O–H groups in total. The van der Waals surface area contributed by atoms with Gasteiger partial charge in [-0.3, -0.25) is 0 Å². The van der Waals surface area contributed by atoms with Crippen LogP contribution in [-0.4, -0.2) is 42.5 Å². The summed E-state index contributed by atoms with van der Waals surface area (Å²) < 4.78 is 0. The second-order valence-corrected chi connectivity index (χ2v) is 14.0. The summed E-state index contributed by atoms with van der Waals surface area (Å²) in [7, 11) is 4.38. The molecule has 0 atom stereocenters. The number of nitrogens with zero attached hydrogens (tertiary/aromatic N) is 2. The summed E-state index contributed by atoms with van der Waals surface area (Å²) in [6.07, 6.45) is 23.1. The number of unbranched alkanes of at least 4 members (excludes halogenated alkanes) is 7. The van der Waals surface area contributed by atoms with Crippen LogP contribution in [0.1, 0.15) is 141 Å². The van der Waals surface area contributed by atoms with Crippen molar-refractivity contribution < 1.29 is 0 Å². The number of allylic oxidation sites excluding steroid dienone is 1. The molecule has 0 amide bonds. The van der Waals surface area contributed by atoms with Crippen LogP contribution in [-0.2, 0) is 19.3 Å². The van der Waals surface area contributed by atoms with Crippen molar-refractivity contribution in [3.63, 3.8) is 0 Å². The predicted molar refractivity (Wildman–Crippen MR) is 207 cm³/mol. The van der Waals surface area contributed by atoms with Gasteiger partial charge in [0.15, 0.2) is 0 Å². The Morgan fingerprint density at radius 2 is 1.24 bits per heavy atom. The molecule has 0 aromatic heterocycles. The average molecular weight is 632 g/mol. The van der Waals surface area contributed by atoms with Crippen molar-refractivity contribution in [1.82, 2.24) is 15.1 Å². The summed E-state index contributed by atoms with van der Waals surface area (Å²) in [6, 6.07) is 7.50. The van der Waals surface area contributed by atoms with Crippen LogP contribution in [0, 0.1) is 0 Å². The zero-order valence-corrected chi connectivity index (χ0v) is 31.4. The van der Waals surface area contributed by atoms with Crippen molar-refractivity contribution in [2.75, 3.05) is 27.2 Å². The van der Waals surface area contributed by atoms with Gasteiger partial charge in [-0.2, -0.15) is 0 Å². The van der Waals surface area contributed by atoms with E-state index in [-0.39, 0.29) is 5.54 Å². The predicted octanol–water partition coefficient (Wildman–Crippen LogP) is 11.7. The molecule has 0 fully saturated rings. The lowest BCUT2D eigenvalue weighted by Gasteiger charge is -2.43. The molecule has 3 heteroatoms. The molecule has 0 radical (unpaired) electrons. The molecule has 1 aromatic rings. The fourth-order valence-corrected chi connectivity index (χ4v) is 6.61. The molecule has 0 aliphatic rings. The Labute approximate surface area is 287 Å². The Hall–Kier alpha value is -2.68. The lowest BCUT2D eigenvalue weighted by molar-refractivity contribution is 0.145. The quantitative estimate of drug-likeness (QED) is 0.0701. The molecule has 0 unspecified atom stereocenters. The van der Waals surface area contributed by atoms with Crippen molar-refractivity contribution in [3.8, 4) is 0 Å². The highest BCUT2D eigenvalue weighted by atomic mass is 15.2. The molecule has 0 aliphatic heterocycles. The molecule has 1 aromatic carbocycles. The van der Waals surface area contributed by atoms with Crippen LogP contribution in [0.2, 0.25) is 0 Å². The Bertz CT molecular complexity index is 1060. The first-order valence-corrected chi connectivity index (χ1v) is 18.6. The van der Waals surface area contributed by atoms with Crippen LogP contribution in [0.3, 0.4) is 0 Å². The third-order valence-electron chi connectivity index (χ3n) is 9.90. The molecule has 0 saturated carbocycles. The molecular formula is C43H73N3. The first kappa shape index (κ1) is 41.3. The smallest absolute Gasteiger partial charge is 0.0425 e. The highest BCUT2D eigenvalue weighted by Crippen LogP contribution is 2.32. The van der Waals surface area contributed by atoms with Crippen molar-refractivity contribution >= 4 is 0 Å². The largest absolute Gasteiger partial charge is 0.389 e. The lowest BCUT2D eigenvalue weighted by Crippen LogP contribution is -2.44.